The molecular weight excluding hydrogens is 391 g/mol. The van der Waals surface area contributed by atoms with Gasteiger partial charge in [0.2, 0.25) is 0 Å². The van der Waals surface area contributed by atoms with Gasteiger partial charge in [0, 0.05) is 23.2 Å². The Labute approximate surface area is 159 Å². The molecule has 11 heteroatoms. The number of nitrogens with zero attached hydrogens (tertiary/aromatic N) is 3. The van der Waals surface area contributed by atoms with Gasteiger partial charge in [0.05, 0.1) is 18.6 Å². The van der Waals surface area contributed by atoms with E-state index in [-0.39, 0.29) is 30.1 Å². The second-order valence-electron chi connectivity index (χ2n) is 6.81. The van der Waals surface area contributed by atoms with E-state index in [0.29, 0.717) is 16.6 Å². The molecule has 3 aromatic heterocycles. The summed E-state index contributed by atoms with van der Waals surface area (Å²) in [5.41, 5.74) is 0.905. The number of pyridine rings is 1. The van der Waals surface area contributed by atoms with Crippen LogP contribution in [0.25, 0.3) is 22.4 Å². The van der Waals surface area contributed by atoms with Crippen LogP contribution in [0.4, 0.5) is 14.6 Å². The van der Waals surface area contributed by atoms with Gasteiger partial charge in [0.15, 0.2) is 17.5 Å². The minimum atomic E-state index is -4.17. The Kier molecular flexibility index (Phi) is 5.74. The van der Waals surface area contributed by atoms with Gasteiger partial charge in [-0.05, 0) is 18.4 Å². The first kappa shape index (κ1) is 20.3. The first-order chi connectivity index (χ1) is 13.1. The molecule has 0 radical (unpaired) electrons. The Morgan fingerprint density at radius 1 is 1.25 bits per heavy atom. The van der Waals surface area contributed by atoms with Gasteiger partial charge in [-0.1, -0.05) is 13.8 Å². The quantitative estimate of drug-likeness (QED) is 0.440. The summed E-state index contributed by atoms with van der Waals surface area (Å²) in [4.78, 5) is 33.2. The molecule has 0 aliphatic rings. The van der Waals surface area contributed by atoms with Gasteiger partial charge in [0.25, 0.3) is 0 Å². The molecule has 3 heterocycles. The molecule has 8 nitrogen and oxygen atoms in total. The van der Waals surface area contributed by atoms with Crippen molar-refractivity contribution < 1.29 is 23.1 Å². The highest BCUT2D eigenvalue weighted by atomic mass is 31.2. The number of hydrogen-bond donors (Lipinski definition) is 4. The van der Waals surface area contributed by atoms with Gasteiger partial charge in [0.1, 0.15) is 11.5 Å². The second-order valence-corrected chi connectivity index (χ2v) is 8.59. The van der Waals surface area contributed by atoms with Gasteiger partial charge in [-0.15, -0.1) is 0 Å². The van der Waals surface area contributed by atoms with E-state index in [1.807, 2.05) is 13.8 Å². The van der Waals surface area contributed by atoms with E-state index < -0.39 is 25.3 Å². The lowest BCUT2D eigenvalue weighted by Crippen LogP contribution is -2.28. The number of hydrogen-bond acceptors (Lipinski definition) is 5. The van der Waals surface area contributed by atoms with Gasteiger partial charge < -0.3 is 20.1 Å². The molecule has 28 heavy (non-hydrogen) atoms. The minimum absolute atomic E-state index is 0.0317. The first-order valence-electron chi connectivity index (χ1n) is 8.60. The lowest BCUT2D eigenvalue weighted by molar-refractivity contribution is 0.367. The fraction of sp³-hybridized carbons (Fsp3) is 0.353. The van der Waals surface area contributed by atoms with E-state index in [9.17, 15) is 13.3 Å². The van der Waals surface area contributed by atoms with Crippen LogP contribution >= 0.6 is 7.60 Å². The van der Waals surface area contributed by atoms with Crippen molar-refractivity contribution in [3.63, 3.8) is 0 Å². The SMILES string of the molecule is CC(C)[C@@H](CCP(=O)(O)O)Nc1nc(-c2c[nH]c3ncc(F)cc23)ncc1F. The summed E-state index contributed by atoms with van der Waals surface area (Å²) in [6, 6.07) is 0.872. The van der Waals surface area contributed by atoms with E-state index in [4.69, 9.17) is 9.79 Å². The van der Waals surface area contributed by atoms with Crippen LogP contribution in [0.15, 0.2) is 24.7 Å². The van der Waals surface area contributed by atoms with Crippen LogP contribution in [0.2, 0.25) is 0 Å². The van der Waals surface area contributed by atoms with Crippen molar-refractivity contribution in [2.75, 3.05) is 11.5 Å². The Bertz CT molecular complexity index is 1040. The predicted molar refractivity (Wildman–Crippen MR) is 101 cm³/mol. The van der Waals surface area contributed by atoms with Crippen LogP contribution in [-0.2, 0) is 4.57 Å². The molecule has 0 aliphatic heterocycles. The molecule has 0 spiro atoms. The smallest absolute Gasteiger partial charge is 0.325 e. The Morgan fingerprint density at radius 2 is 2.00 bits per heavy atom. The molecule has 0 saturated carbocycles. The van der Waals surface area contributed by atoms with E-state index in [1.165, 1.54) is 6.07 Å². The fourth-order valence-electron chi connectivity index (χ4n) is 2.82. The zero-order chi connectivity index (χ0) is 20.5. The maximum absolute atomic E-state index is 14.3. The Morgan fingerprint density at radius 3 is 2.68 bits per heavy atom. The third kappa shape index (κ3) is 4.70. The first-order valence-corrected chi connectivity index (χ1v) is 10.4. The molecule has 0 aromatic carbocycles. The highest BCUT2D eigenvalue weighted by Crippen LogP contribution is 2.36. The standard InChI is InChI=1S/C17H20F2N5O3P/c1-9(2)14(3-4-28(25,26)27)23-17-13(19)8-22-16(24-17)12-7-21-15-11(12)5-10(18)6-20-15/h5-9,14H,3-4H2,1-2H3,(H,20,21)(H,22,23,24)(H2,25,26,27)/t14-/m1/s1. The summed E-state index contributed by atoms with van der Waals surface area (Å²) in [6.45, 7) is 3.71. The van der Waals surface area contributed by atoms with Crippen LogP contribution in [0.3, 0.4) is 0 Å². The summed E-state index contributed by atoms with van der Waals surface area (Å²) < 4.78 is 39.0. The van der Waals surface area contributed by atoms with Crippen molar-refractivity contribution in [3.8, 4) is 11.4 Å². The van der Waals surface area contributed by atoms with Crippen molar-refractivity contribution in [1.82, 2.24) is 19.9 Å². The molecule has 3 aromatic rings. The number of nitrogens with one attached hydrogen (secondary N) is 2. The van der Waals surface area contributed by atoms with Crippen molar-refractivity contribution in [3.05, 3.63) is 36.3 Å². The van der Waals surface area contributed by atoms with Crippen molar-refractivity contribution >= 4 is 24.4 Å². The number of fused-ring (bicyclic) bond motifs is 1. The number of halogens is 2. The molecule has 150 valence electrons. The molecule has 3 rings (SSSR count). The maximum atomic E-state index is 14.3. The van der Waals surface area contributed by atoms with Crippen LogP contribution in [0.1, 0.15) is 20.3 Å². The highest BCUT2D eigenvalue weighted by molar-refractivity contribution is 7.51. The summed E-state index contributed by atoms with van der Waals surface area (Å²) in [7, 11) is -4.17. The zero-order valence-electron chi connectivity index (χ0n) is 15.2. The van der Waals surface area contributed by atoms with Crippen molar-refractivity contribution in [2.24, 2.45) is 5.92 Å². The summed E-state index contributed by atoms with van der Waals surface area (Å²) in [6.07, 6.45) is 3.45. The summed E-state index contributed by atoms with van der Waals surface area (Å²) in [5.74, 6) is -1.18. The summed E-state index contributed by atoms with van der Waals surface area (Å²) in [5, 5.41) is 3.37. The number of H-pyrrole nitrogens is 1. The minimum Gasteiger partial charge on any atom is -0.365 e. The normalized spacial score (nSPS) is 13.2. The van der Waals surface area contributed by atoms with Crippen molar-refractivity contribution in [1.29, 1.82) is 0 Å². The van der Waals surface area contributed by atoms with Gasteiger partial charge in [-0.3, -0.25) is 4.57 Å². The lowest BCUT2D eigenvalue weighted by Gasteiger charge is -2.23. The summed E-state index contributed by atoms with van der Waals surface area (Å²) >= 11 is 0. The van der Waals surface area contributed by atoms with E-state index in [0.717, 1.165) is 12.4 Å². The van der Waals surface area contributed by atoms with Gasteiger partial charge in [-0.25, -0.2) is 23.7 Å². The molecular formula is C17H20F2N5O3P. The van der Waals surface area contributed by atoms with E-state index in [1.54, 1.807) is 6.20 Å². The molecule has 4 N–H and O–H groups in total. The molecule has 0 bridgehead atoms. The monoisotopic (exact) mass is 411 g/mol. The topological polar surface area (TPSA) is 124 Å². The van der Waals surface area contributed by atoms with E-state index in [2.05, 4.69) is 25.3 Å². The number of aromatic amines is 1. The van der Waals surface area contributed by atoms with Gasteiger partial charge >= 0.3 is 7.60 Å². The predicted octanol–water partition coefficient (Wildman–Crippen LogP) is 3.30. The third-order valence-corrected chi connectivity index (χ3v) is 5.18. The Balaban J connectivity index is 1.92. The lowest BCUT2D eigenvalue weighted by atomic mass is 10.0. The van der Waals surface area contributed by atoms with Crippen LogP contribution in [-0.4, -0.2) is 41.9 Å². The number of aromatic nitrogens is 4. The van der Waals surface area contributed by atoms with Crippen LogP contribution < -0.4 is 5.32 Å². The number of rotatable bonds is 7. The van der Waals surface area contributed by atoms with Crippen LogP contribution in [0.5, 0.6) is 0 Å². The molecule has 0 unspecified atom stereocenters. The average Bonchev–Trinajstić information content (AvgIpc) is 3.02. The largest absolute Gasteiger partial charge is 0.365 e. The molecule has 0 aliphatic carbocycles. The Hall–Kier alpha value is -2.42. The molecule has 1 atom stereocenters. The third-order valence-electron chi connectivity index (χ3n) is 4.34. The molecule has 0 saturated heterocycles. The van der Waals surface area contributed by atoms with Crippen molar-refractivity contribution in [2.45, 2.75) is 26.3 Å². The fourth-order valence-corrected chi connectivity index (χ4v) is 3.43. The van der Waals surface area contributed by atoms with Gasteiger partial charge in [-0.2, -0.15) is 0 Å². The maximum Gasteiger partial charge on any atom is 0.325 e. The highest BCUT2D eigenvalue weighted by Gasteiger charge is 2.22. The molecule has 0 amide bonds. The zero-order valence-corrected chi connectivity index (χ0v) is 16.1. The second kappa shape index (κ2) is 7.90. The number of anilines is 1. The van der Waals surface area contributed by atoms with E-state index >= 15 is 0 Å². The van der Waals surface area contributed by atoms with Crippen LogP contribution in [0, 0.1) is 17.6 Å². The average molecular weight is 411 g/mol. The molecule has 0 fully saturated rings.